The van der Waals surface area contributed by atoms with Gasteiger partial charge in [0.2, 0.25) is 0 Å². The summed E-state index contributed by atoms with van der Waals surface area (Å²) in [4.78, 5) is 4.68. The molecular weight excluding hydrogens is 292 g/mol. The average molecular weight is 305 g/mol. The standard InChI is InChI=1S/C14H13ClN4S/c1-7(16)10-6-9-4-3-5-11(15)12(9)17-13(10)14-19-18-8(2)20-14/h3-7H,16H2,1-2H3/t7-/m0/s1. The van der Waals surface area contributed by atoms with Crippen LogP contribution in [0.1, 0.15) is 23.5 Å². The van der Waals surface area contributed by atoms with Crippen LogP contribution < -0.4 is 5.73 Å². The van der Waals surface area contributed by atoms with E-state index in [1.807, 2.05) is 38.1 Å². The molecule has 6 heteroatoms. The van der Waals surface area contributed by atoms with E-state index in [4.69, 9.17) is 17.3 Å². The Kier molecular flexibility index (Phi) is 3.41. The molecule has 20 heavy (non-hydrogen) atoms. The molecule has 2 aromatic heterocycles. The molecule has 0 unspecified atom stereocenters. The van der Waals surface area contributed by atoms with Crippen molar-refractivity contribution in [2.45, 2.75) is 19.9 Å². The fraction of sp³-hybridized carbons (Fsp3) is 0.214. The number of fused-ring (bicyclic) bond motifs is 1. The summed E-state index contributed by atoms with van der Waals surface area (Å²) in [5, 5.41) is 11.5. The second-order valence-electron chi connectivity index (χ2n) is 4.65. The van der Waals surface area contributed by atoms with Crippen molar-refractivity contribution in [1.29, 1.82) is 0 Å². The highest BCUT2D eigenvalue weighted by Crippen LogP contribution is 2.32. The summed E-state index contributed by atoms with van der Waals surface area (Å²) < 4.78 is 0. The predicted octanol–water partition coefficient (Wildman–Crippen LogP) is 3.73. The molecule has 0 spiro atoms. The van der Waals surface area contributed by atoms with Gasteiger partial charge in [-0.3, -0.25) is 0 Å². The van der Waals surface area contributed by atoms with Crippen molar-refractivity contribution in [2.75, 3.05) is 0 Å². The van der Waals surface area contributed by atoms with Crippen LogP contribution in [0.4, 0.5) is 0 Å². The van der Waals surface area contributed by atoms with Gasteiger partial charge in [0.15, 0.2) is 5.01 Å². The average Bonchev–Trinajstić information content (AvgIpc) is 2.84. The smallest absolute Gasteiger partial charge is 0.166 e. The minimum Gasteiger partial charge on any atom is -0.324 e. The molecule has 0 fully saturated rings. The minimum atomic E-state index is -0.134. The van der Waals surface area contributed by atoms with E-state index < -0.39 is 0 Å². The molecule has 1 atom stereocenters. The highest BCUT2D eigenvalue weighted by atomic mass is 35.5. The Labute approximate surface area is 125 Å². The lowest BCUT2D eigenvalue weighted by Gasteiger charge is -2.12. The maximum absolute atomic E-state index is 6.23. The zero-order chi connectivity index (χ0) is 14.3. The molecule has 0 aliphatic carbocycles. The first-order valence-electron chi connectivity index (χ1n) is 6.21. The Morgan fingerprint density at radius 1 is 1.30 bits per heavy atom. The molecule has 102 valence electrons. The lowest BCUT2D eigenvalue weighted by Crippen LogP contribution is -2.08. The van der Waals surface area contributed by atoms with Crippen LogP contribution in [0.15, 0.2) is 24.3 Å². The molecule has 0 saturated carbocycles. The van der Waals surface area contributed by atoms with Crippen molar-refractivity contribution in [1.82, 2.24) is 15.2 Å². The summed E-state index contributed by atoms with van der Waals surface area (Å²) in [6.45, 7) is 3.85. The van der Waals surface area contributed by atoms with Crippen molar-refractivity contribution in [3.63, 3.8) is 0 Å². The van der Waals surface area contributed by atoms with Crippen LogP contribution in [0, 0.1) is 6.92 Å². The summed E-state index contributed by atoms with van der Waals surface area (Å²) in [6, 6.07) is 7.62. The topological polar surface area (TPSA) is 64.7 Å². The van der Waals surface area contributed by atoms with E-state index in [9.17, 15) is 0 Å². The number of aromatic nitrogens is 3. The fourth-order valence-corrected chi connectivity index (χ4v) is 3.02. The molecule has 0 aliphatic heterocycles. The van der Waals surface area contributed by atoms with Gasteiger partial charge in [-0.15, -0.1) is 10.2 Å². The lowest BCUT2D eigenvalue weighted by atomic mass is 10.0. The molecule has 2 heterocycles. The first kappa shape index (κ1) is 13.4. The predicted molar refractivity (Wildman–Crippen MR) is 83.0 cm³/mol. The summed E-state index contributed by atoms with van der Waals surface area (Å²) in [6.07, 6.45) is 0. The Hall–Kier alpha value is -1.56. The maximum Gasteiger partial charge on any atom is 0.166 e. The maximum atomic E-state index is 6.23. The highest BCUT2D eigenvalue weighted by Gasteiger charge is 2.16. The quantitative estimate of drug-likeness (QED) is 0.783. The van der Waals surface area contributed by atoms with Crippen LogP contribution in [0.2, 0.25) is 5.02 Å². The summed E-state index contributed by atoms with van der Waals surface area (Å²) in [5.41, 5.74) is 8.56. The second-order valence-corrected chi connectivity index (χ2v) is 6.24. The van der Waals surface area contributed by atoms with Gasteiger partial charge in [-0.1, -0.05) is 35.1 Å². The number of pyridine rings is 1. The van der Waals surface area contributed by atoms with Crippen molar-refractivity contribution >= 4 is 33.8 Å². The van der Waals surface area contributed by atoms with Crippen LogP contribution in [-0.4, -0.2) is 15.2 Å². The number of hydrogen-bond acceptors (Lipinski definition) is 5. The van der Waals surface area contributed by atoms with Crippen molar-refractivity contribution in [3.05, 3.63) is 39.9 Å². The van der Waals surface area contributed by atoms with E-state index in [0.29, 0.717) is 5.02 Å². The summed E-state index contributed by atoms with van der Waals surface area (Å²) >= 11 is 7.73. The number of hydrogen-bond donors (Lipinski definition) is 1. The van der Waals surface area contributed by atoms with E-state index in [0.717, 1.165) is 32.2 Å². The van der Waals surface area contributed by atoms with E-state index in [2.05, 4.69) is 15.2 Å². The van der Waals surface area contributed by atoms with Crippen LogP contribution in [-0.2, 0) is 0 Å². The van der Waals surface area contributed by atoms with E-state index in [1.54, 1.807) is 0 Å². The summed E-state index contributed by atoms with van der Waals surface area (Å²) in [5.74, 6) is 0. The van der Waals surface area contributed by atoms with E-state index in [-0.39, 0.29) is 6.04 Å². The van der Waals surface area contributed by atoms with Crippen molar-refractivity contribution in [3.8, 4) is 10.7 Å². The van der Waals surface area contributed by atoms with Gasteiger partial charge in [0.25, 0.3) is 0 Å². The van der Waals surface area contributed by atoms with E-state index >= 15 is 0 Å². The first-order chi connectivity index (χ1) is 9.56. The molecule has 0 radical (unpaired) electrons. The zero-order valence-electron chi connectivity index (χ0n) is 11.1. The van der Waals surface area contributed by atoms with Gasteiger partial charge in [-0.25, -0.2) is 4.98 Å². The van der Waals surface area contributed by atoms with Gasteiger partial charge in [-0.2, -0.15) is 0 Å². The van der Waals surface area contributed by atoms with Crippen LogP contribution in [0.3, 0.4) is 0 Å². The summed E-state index contributed by atoms with van der Waals surface area (Å²) in [7, 11) is 0. The molecular formula is C14H13ClN4S. The molecule has 3 rings (SSSR count). The van der Waals surface area contributed by atoms with Crippen molar-refractivity contribution < 1.29 is 0 Å². The van der Waals surface area contributed by atoms with Gasteiger partial charge in [0, 0.05) is 11.4 Å². The number of para-hydroxylation sites is 1. The number of rotatable bonds is 2. The van der Waals surface area contributed by atoms with Gasteiger partial charge < -0.3 is 5.73 Å². The van der Waals surface area contributed by atoms with Crippen LogP contribution in [0.25, 0.3) is 21.6 Å². The van der Waals surface area contributed by atoms with Gasteiger partial charge in [-0.05, 0) is 31.5 Å². The molecule has 4 nitrogen and oxygen atoms in total. The number of nitrogens with two attached hydrogens (primary N) is 1. The molecule has 2 N–H and O–H groups in total. The second kappa shape index (κ2) is 5.09. The molecule has 0 aliphatic rings. The zero-order valence-corrected chi connectivity index (χ0v) is 12.7. The van der Waals surface area contributed by atoms with Gasteiger partial charge in [0.1, 0.15) is 10.7 Å². The molecule has 0 saturated heterocycles. The molecule has 1 aromatic carbocycles. The third-order valence-electron chi connectivity index (χ3n) is 3.05. The molecule has 3 aromatic rings. The number of halogens is 1. The lowest BCUT2D eigenvalue weighted by molar-refractivity contribution is 0.816. The normalized spacial score (nSPS) is 12.8. The monoisotopic (exact) mass is 304 g/mol. The number of benzene rings is 1. The van der Waals surface area contributed by atoms with Gasteiger partial charge >= 0.3 is 0 Å². The Bertz CT molecular complexity index is 782. The van der Waals surface area contributed by atoms with E-state index in [1.165, 1.54) is 11.3 Å². The Morgan fingerprint density at radius 3 is 2.75 bits per heavy atom. The SMILES string of the molecule is Cc1nnc(-c2nc3c(Cl)cccc3cc2[C@H](C)N)s1. The van der Waals surface area contributed by atoms with Crippen LogP contribution >= 0.6 is 22.9 Å². The Morgan fingerprint density at radius 2 is 2.10 bits per heavy atom. The molecule has 0 amide bonds. The first-order valence-corrected chi connectivity index (χ1v) is 7.41. The van der Waals surface area contributed by atoms with Crippen LogP contribution in [0.5, 0.6) is 0 Å². The third-order valence-corrected chi connectivity index (χ3v) is 4.20. The number of nitrogens with zero attached hydrogens (tertiary/aromatic N) is 3. The largest absolute Gasteiger partial charge is 0.324 e. The third kappa shape index (κ3) is 2.28. The molecule has 0 bridgehead atoms. The Balaban J connectivity index is 2.33. The minimum absolute atomic E-state index is 0.134. The number of aryl methyl sites for hydroxylation is 1. The van der Waals surface area contributed by atoms with Crippen molar-refractivity contribution in [2.24, 2.45) is 5.73 Å². The van der Waals surface area contributed by atoms with Gasteiger partial charge in [0.05, 0.1) is 10.5 Å². The fourth-order valence-electron chi connectivity index (χ4n) is 2.09. The highest BCUT2D eigenvalue weighted by molar-refractivity contribution is 7.14.